The molecule has 0 spiro atoms. The average molecular weight is 168 g/mol. The number of rotatable bonds is 4. The van der Waals surface area contributed by atoms with Crippen LogP contribution < -0.4 is 10.6 Å². The molecule has 0 saturated heterocycles. The van der Waals surface area contributed by atoms with Crippen molar-refractivity contribution < 1.29 is 4.79 Å². The highest BCUT2D eigenvalue weighted by Gasteiger charge is 2.16. The van der Waals surface area contributed by atoms with E-state index in [1.54, 1.807) is 6.20 Å². The van der Waals surface area contributed by atoms with Crippen molar-refractivity contribution in [2.24, 2.45) is 5.92 Å². The van der Waals surface area contributed by atoms with Crippen LogP contribution in [0.5, 0.6) is 0 Å². The lowest BCUT2D eigenvalue weighted by Gasteiger charge is -2.00. The highest BCUT2D eigenvalue weighted by Crippen LogP contribution is 2.29. The standard InChI is InChI=1S/C9H16N2O/c1-2-6-10-9(12)11-7-5-8-3-4-8/h5,7-8H,2-4,6H2,1H3,(H2,10,11,12)/b7-5+. The molecule has 68 valence electrons. The van der Waals surface area contributed by atoms with E-state index < -0.39 is 0 Å². The zero-order valence-electron chi connectivity index (χ0n) is 7.47. The molecule has 2 amide bonds. The van der Waals surface area contributed by atoms with Crippen LogP contribution in [0.2, 0.25) is 0 Å². The molecule has 0 heterocycles. The van der Waals surface area contributed by atoms with Gasteiger partial charge >= 0.3 is 6.03 Å². The van der Waals surface area contributed by atoms with Crippen molar-refractivity contribution in [1.29, 1.82) is 0 Å². The normalized spacial score (nSPS) is 16.4. The molecule has 3 nitrogen and oxygen atoms in total. The van der Waals surface area contributed by atoms with Gasteiger partial charge in [0.2, 0.25) is 0 Å². The van der Waals surface area contributed by atoms with E-state index in [0.29, 0.717) is 0 Å². The summed E-state index contributed by atoms with van der Waals surface area (Å²) in [5, 5.41) is 5.38. The molecule has 0 aromatic rings. The number of hydrogen-bond donors (Lipinski definition) is 2. The Balaban J connectivity index is 2.00. The zero-order chi connectivity index (χ0) is 8.81. The highest BCUT2D eigenvalue weighted by atomic mass is 16.2. The van der Waals surface area contributed by atoms with Gasteiger partial charge < -0.3 is 10.6 Å². The van der Waals surface area contributed by atoms with Crippen molar-refractivity contribution in [3.05, 3.63) is 12.3 Å². The second kappa shape index (κ2) is 4.80. The van der Waals surface area contributed by atoms with Gasteiger partial charge in [-0.25, -0.2) is 4.79 Å². The molecule has 2 N–H and O–H groups in total. The fraction of sp³-hybridized carbons (Fsp3) is 0.667. The summed E-state index contributed by atoms with van der Waals surface area (Å²) in [6.45, 7) is 2.77. The molecule has 3 heteroatoms. The molecule has 0 bridgehead atoms. The van der Waals surface area contributed by atoms with Gasteiger partial charge in [-0.1, -0.05) is 13.0 Å². The summed E-state index contributed by atoms with van der Waals surface area (Å²) >= 11 is 0. The molecule has 1 aliphatic carbocycles. The summed E-state index contributed by atoms with van der Waals surface area (Å²) < 4.78 is 0. The summed E-state index contributed by atoms with van der Waals surface area (Å²) in [7, 11) is 0. The Labute approximate surface area is 73.2 Å². The van der Waals surface area contributed by atoms with Crippen molar-refractivity contribution in [3.63, 3.8) is 0 Å². The van der Waals surface area contributed by atoms with Crippen molar-refractivity contribution in [2.75, 3.05) is 6.54 Å². The SMILES string of the molecule is CCCNC(=O)N/C=C/C1CC1. The number of urea groups is 1. The minimum atomic E-state index is -0.103. The predicted molar refractivity (Wildman–Crippen MR) is 48.7 cm³/mol. The molecule has 0 unspecified atom stereocenters. The maximum atomic E-state index is 10.9. The lowest BCUT2D eigenvalue weighted by atomic mass is 10.4. The zero-order valence-corrected chi connectivity index (χ0v) is 7.47. The van der Waals surface area contributed by atoms with Gasteiger partial charge in [0.1, 0.15) is 0 Å². The lowest BCUT2D eigenvalue weighted by molar-refractivity contribution is 0.244. The van der Waals surface area contributed by atoms with Crippen LogP contribution in [-0.2, 0) is 0 Å². The molecule has 1 saturated carbocycles. The van der Waals surface area contributed by atoms with Gasteiger partial charge in [-0.15, -0.1) is 0 Å². The molecule has 0 aromatic carbocycles. The van der Waals surface area contributed by atoms with E-state index >= 15 is 0 Å². The third-order valence-electron chi connectivity index (χ3n) is 1.74. The first-order valence-electron chi connectivity index (χ1n) is 4.54. The quantitative estimate of drug-likeness (QED) is 0.658. The second-order valence-electron chi connectivity index (χ2n) is 3.10. The van der Waals surface area contributed by atoms with E-state index in [1.165, 1.54) is 12.8 Å². The Bertz CT molecular complexity index is 173. The maximum Gasteiger partial charge on any atom is 0.318 e. The van der Waals surface area contributed by atoms with Crippen LogP contribution in [0.25, 0.3) is 0 Å². The molecule has 0 aliphatic heterocycles. The minimum Gasteiger partial charge on any atom is -0.338 e. The van der Waals surface area contributed by atoms with Gasteiger partial charge in [-0.05, 0) is 25.2 Å². The van der Waals surface area contributed by atoms with Crippen LogP contribution >= 0.6 is 0 Å². The van der Waals surface area contributed by atoms with Gasteiger partial charge in [0.15, 0.2) is 0 Å². The van der Waals surface area contributed by atoms with Crippen molar-refractivity contribution in [3.8, 4) is 0 Å². The fourth-order valence-corrected chi connectivity index (χ4v) is 0.838. The number of amides is 2. The predicted octanol–water partition coefficient (Wildman–Crippen LogP) is 1.62. The van der Waals surface area contributed by atoms with E-state index in [1.807, 2.05) is 13.0 Å². The Morgan fingerprint density at radius 3 is 2.92 bits per heavy atom. The molecule has 1 aliphatic rings. The smallest absolute Gasteiger partial charge is 0.318 e. The Morgan fingerprint density at radius 2 is 2.33 bits per heavy atom. The lowest BCUT2D eigenvalue weighted by Crippen LogP contribution is -2.32. The van der Waals surface area contributed by atoms with E-state index in [-0.39, 0.29) is 6.03 Å². The maximum absolute atomic E-state index is 10.9. The molecule has 0 radical (unpaired) electrons. The Morgan fingerprint density at radius 1 is 1.58 bits per heavy atom. The van der Waals surface area contributed by atoms with E-state index in [9.17, 15) is 4.79 Å². The topological polar surface area (TPSA) is 41.1 Å². The van der Waals surface area contributed by atoms with Crippen molar-refractivity contribution in [1.82, 2.24) is 10.6 Å². The van der Waals surface area contributed by atoms with E-state index in [0.717, 1.165) is 18.9 Å². The van der Waals surface area contributed by atoms with Gasteiger partial charge in [0.05, 0.1) is 0 Å². The minimum absolute atomic E-state index is 0.103. The summed E-state index contributed by atoms with van der Waals surface area (Å²) in [4.78, 5) is 10.9. The Kier molecular flexibility index (Phi) is 3.64. The number of carbonyl (C=O) groups excluding carboxylic acids is 1. The number of hydrogen-bond acceptors (Lipinski definition) is 1. The average Bonchev–Trinajstić information content (AvgIpc) is 2.84. The summed E-state index contributed by atoms with van der Waals surface area (Å²) in [5.41, 5.74) is 0. The first kappa shape index (κ1) is 9.10. The summed E-state index contributed by atoms with van der Waals surface area (Å²) in [6, 6.07) is -0.103. The first-order chi connectivity index (χ1) is 5.83. The molecule has 1 rings (SSSR count). The molecule has 12 heavy (non-hydrogen) atoms. The van der Waals surface area contributed by atoms with Crippen LogP contribution in [0, 0.1) is 5.92 Å². The highest BCUT2D eigenvalue weighted by molar-refractivity contribution is 5.74. The van der Waals surface area contributed by atoms with Crippen LogP contribution in [-0.4, -0.2) is 12.6 Å². The second-order valence-corrected chi connectivity index (χ2v) is 3.10. The third kappa shape index (κ3) is 4.01. The molecular formula is C9H16N2O. The molecule has 0 aromatic heterocycles. The molecule has 1 fully saturated rings. The molecule has 0 atom stereocenters. The van der Waals surface area contributed by atoms with Gasteiger partial charge in [-0.2, -0.15) is 0 Å². The van der Waals surface area contributed by atoms with Crippen molar-refractivity contribution >= 4 is 6.03 Å². The van der Waals surface area contributed by atoms with Crippen molar-refractivity contribution in [2.45, 2.75) is 26.2 Å². The summed E-state index contributed by atoms with van der Waals surface area (Å²) in [6.07, 6.45) is 7.30. The first-order valence-corrected chi connectivity index (χ1v) is 4.54. The number of allylic oxidation sites excluding steroid dienone is 1. The van der Waals surface area contributed by atoms with Crippen LogP contribution in [0.3, 0.4) is 0 Å². The largest absolute Gasteiger partial charge is 0.338 e. The monoisotopic (exact) mass is 168 g/mol. The van der Waals surface area contributed by atoms with Crippen LogP contribution in [0.1, 0.15) is 26.2 Å². The summed E-state index contributed by atoms with van der Waals surface area (Å²) in [5.74, 6) is 0.719. The van der Waals surface area contributed by atoms with Crippen LogP contribution in [0.4, 0.5) is 4.79 Å². The number of carbonyl (C=O) groups is 1. The fourth-order valence-electron chi connectivity index (χ4n) is 0.838. The number of nitrogens with one attached hydrogen (secondary N) is 2. The van der Waals surface area contributed by atoms with Gasteiger partial charge in [0, 0.05) is 12.7 Å². The molecular weight excluding hydrogens is 152 g/mol. The van der Waals surface area contributed by atoms with E-state index in [2.05, 4.69) is 10.6 Å². The van der Waals surface area contributed by atoms with Gasteiger partial charge in [-0.3, -0.25) is 0 Å². The van der Waals surface area contributed by atoms with Gasteiger partial charge in [0.25, 0.3) is 0 Å². The Hall–Kier alpha value is -0.990. The third-order valence-corrected chi connectivity index (χ3v) is 1.74. The van der Waals surface area contributed by atoms with E-state index in [4.69, 9.17) is 0 Å². The van der Waals surface area contributed by atoms with Crippen LogP contribution in [0.15, 0.2) is 12.3 Å².